The molecule has 0 heterocycles. The summed E-state index contributed by atoms with van der Waals surface area (Å²) in [5.41, 5.74) is 4.80. The highest BCUT2D eigenvalue weighted by atomic mass is 35.5. The molecule has 4 nitrogen and oxygen atoms in total. The molecule has 3 N–H and O–H groups in total. The molecule has 1 rings (SSSR count). The van der Waals surface area contributed by atoms with Crippen molar-refractivity contribution in [2.24, 2.45) is 5.73 Å². The normalized spacial score (nSPS) is 10.5. The zero-order valence-electron chi connectivity index (χ0n) is 9.87. The summed E-state index contributed by atoms with van der Waals surface area (Å²) in [5, 5.41) is 1.99. The molecule has 0 fully saturated rings. The fraction of sp³-hybridized carbons (Fsp3) is 0.364. The number of carbonyl (C=O) groups excluding carboxylic acids is 1. The van der Waals surface area contributed by atoms with Crippen LogP contribution in [0, 0.1) is 5.82 Å². The molecule has 1 aromatic rings. The van der Waals surface area contributed by atoms with Crippen molar-refractivity contribution in [3.63, 3.8) is 0 Å². The van der Waals surface area contributed by atoms with Gasteiger partial charge in [0, 0.05) is 0 Å². The van der Waals surface area contributed by atoms with Gasteiger partial charge in [0.2, 0.25) is 0 Å². The van der Waals surface area contributed by atoms with E-state index in [1.807, 2.05) is 5.32 Å². The van der Waals surface area contributed by atoms with Gasteiger partial charge in [-0.15, -0.1) is 12.4 Å². The topological polar surface area (TPSA) is 64.3 Å². The van der Waals surface area contributed by atoms with Gasteiger partial charge in [0.15, 0.2) is 6.61 Å². The van der Waals surface area contributed by atoms with Crippen molar-refractivity contribution in [1.29, 1.82) is 0 Å². The van der Waals surface area contributed by atoms with Gasteiger partial charge in [-0.2, -0.15) is 0 Å². The number of halogens is 4. The van der Waals surface area contributed by atoms with E-state index in [2.05, 4.69) is 0 Å². The average molecular weight is 299 g/mol. The maximum Gasteiger partial charge on any atom is 0.277 e. The molecule has 0 saturated carbocycles. The van der Waals surface area contributed by atoms with Gasteiger partial charge < -0.3 is 15.8 Å². The van der Waals surface area contributed by atoms with Crippen LogP contribution in [-0.4, -0.2) is 31.5 Å². The Kier molecular flexibility index (Phi) is 7.25. The molecular formula is C11H14ClF3N2O2. The van der Waals surface area contributed by atoms with Crippen molar-refractivity contribution in [2.75, 3.05) is 19.7 Å². The lowest BCUT2D eigenvalue weighted by atomic mass is 10.3. The fourth-order valence-electron chi connectivity index (χ4n) is 1.03. The van der Waals surface area contributed by atoms with Crippen LogP contribution in [-0.2, 0) is 4.79 Å². The number of nitrogens with one attached hydrogen (secondary N) is 1. The lowest BCUT2D eigenvalue weighted by Crippen LogP contribution is -2.43. The van der Waals surface area contributed by atoms with Crippen LogP contribution in [0.15, 0.2) is 24.3 Å². The maximum absolute atomic E-state index is 12.7. The quantitative estimate of drug-likeness (QED) is 0.833. The fourth-order valence-corrected chi connectivity index (χ4v) is 1.03. The Morgan fingerprint density at radius 3 is 2.42 bits per heavy atom. The molecule has 0 aromatic heterocycles. The molecule has 108 valence electrons. The van der Waals surface area contributed by atoms with Crippen molar-refractivity contribution in [1.82, 2.24) is 5.32 Å². The van der Waals surface area contributed by atoms with Crippen molar-refractivity contribution >= 4 is 18.3 Å². The monoisotopic (exact) mass is 298 g/mol. The first kappa shape index (κ1) is 17.5. The number of amides is 1. The van der Waals surface area contributed by atoms with Crippen molar-refractivity contribution < 1.29 is 22.7 Å². The molecular weight excluding hydrogens is 285 g/mol. The highest BCUT2D eigenvalue weighted by Gasteiger charge is 2.27. The maximum atomic E-state index is 12.7. The third-order valence-electron chi connectivity index (χ3n) is 2.03. The molecule has 1 amide bonds. The molecule has 0 bridgehead atoms. The largest absolute Gasteiger partial charge is 0.484 e. The van der Waals surface area contributed by atoms with Gasteiger partial charge in [-0.05, 0) is 24.3 Å². The van der Waals surface area contributed by atoms with Crippen LogP contribution >= 0.6 is 12.4 Å². The Morgan fingerprint density at radius 1 is 1.32 bits per heavy atom. The van der Waals surface area contributed by atoms with Crippen molar-refractivity contribution in [3.05, 3.63) is 30.1 Å². The van der Waals surface area contributed by atoms with Gasteiger partial charge in [0.25, 0.3) is 11.8 Å². The Balaban J connectivity index is 0.00000324. The van der Waals surface area contributed by atoms with Crippen LogP contribution in [0.25, 0.3) is 0 Å². The van der Waals surface area contributed by atoms with Crippen LogP contribution in [0.5, 0.6) is 5.75 Å². The van der Waals surface area contributed by atoms with Gasteiger partial charge in [0.05, 0.1) is 13.1 Å². The molecule has 19 heavy (non-hydrogen) atoms. The number of nitrogens with two attached hydrogens (primary N) is 1. The summed E-state index contributed by atoms with van der Waals surface area (Å²) >= 11 is 0. The summed E-state index contributed by atoms with van der Waals surface area (Å²) in [7, 11) is 0. The van der Waals surface area contributed by atoms with Gasteiger partial charge in [-0.1, -0.05) is 0 Å². The van der Waals surface area contributed by atoms with E-state index < -0.39 is 37.3 Å². The first-order valence-corrected chi connectivity index (χ1v) is 5.16. The number of rotatable bonds is 6. The Morgan fingerprint density at radius 2 is 1.89 bits per heavy atom. The van der Waals surface area contributed by atoms with Crippen LogP contribution in [0.2, 0.25) is 0 Å². The van der Waals surface area contributed by atoms with E-state index in [-0.39, 0.29) is 18.2 Å². The van der Waals surface area contributed by atoms with Crippen molar-refractivity contribution in [3.8, 4) is 5.75 Å². The Hall–Kier alpha value is -1.47. The van der Waals surface area contributed by atoms with Gasteiger partial charge in [-0.25, -0.2) is 13.2 Å². The van der Waals surface area contributed by atoms with Crippen LogP contribution in [0.1, 0.15) is 0 Å². The number of ether oxygens (including phenoxy) is 1. The first-order valence-electron chi connectivity index (χ1n) is 5.16. The average Bonchev–Trinajstić information content (AvgIpc) is 2.36. The molecule has 0 spiro atoms. The summed E-state index contributed by atoms with van der Waals surface area (Å²) in [4.78, 5) is 11.2. The predicted molar refractivity (Wildman–Crippen MR) is 66.2 cm³/mol. The molecule has 1 aromatic carbocycles. The molecule has 0 saturated heterocycles. The zero-order chi connectivity index (χ0) is 13.6. The minimum absolute atomic E-state index is 0. The number of hydrogen-bond acceptors (Lipinski definition) is 3. The minimum Gasteiger partial charge on any atom is -0.484 e. The second kappa shape index (κ2) is 7.85. The minimum atomic E-state index is -3.13. The number of benzene rings is 1. The molecule has 0 aliphatic rings. The van der Waals surface area contributed by atoms with Crippen LogP contribution in [0.3, 0.4) is 0 Å². The first-order chi connectivity index (χ1) is 8.43. The number of alkyl halides is 2. The van der Waals surface area contributed by atoms with E-state index in [1.165, 1.54) is 12.1 Å². The summed E-state index contributed by atoms with van der Waals surface area (Å²) < 4.78 is 42.9. The molecule has 0 aliphatic carbocycles. The van der Waals surface area contributed by atoms with Gasteiger partial charge in [0.1, 0.15) is 11.6 Å². The third kappa shape index (κ3) is 6.88. The van der Waals surface area contributed by atoms with Gasteiger partial charge >= 0.3 is 0 Å². The summed E-state index contributed by atoms with van der Waals surface area (Å²) in [6.07, 6.45) is 0. The number of carbonyl (C=O) groups is 1. The summed E-state index contributed by atoms with van der Waals surface area (Å²) in [6.45, 7) is -2.10. The van der Waals surface area contributed by atoms with Crippen LogP contribution < -0.4 is 15.8 Å². The highest BCUT2D eigenvalue weighted by Crippen LogP contribution is 2.11. The Bertz CT molecular complexity index is 401. The number of hydrogen-bond donors (Lipinski definition) is 2. The van der Waals surface area contributed by atoms with Gasteiger partial charge in [-0.3, -0.25) is 4.79 Å². The lowest BCUT2D eigenvalue weighted by Gasteiger charge is -2.14. The molecule has 0 radical (unpaired) electrons. The third-order valence-corrected chi connectivity index (χ3v) is 2.03. The van der Waals surface area contributed by atoms with Crippen LogP contribution in [0.4, 0.5) is 13.2 Å². The second-order valence-electron chi connectivity index (χ2n) is 3.58. The smallest absolute Gasteiger partial charge is 0.277 e. The molecule has 0 atom stereocenters. The van der Waals surface area contributed by atoms with E-state index in [9.17, 15) is 18.0 Å². The predicted octanol–water partition coefficient (Wildman–Crippen LogP) is 1.34. The molecule has 0 unspecified atom stereocenters. The highest BCUT2D eigenvalue weighted by molar-refractivity contribution is 5.85. The summed E-state index contributed by atoms with van der Waals surface area (Å²) in [5.74, 6) is -4.00. The second-order valence-corrected chi connectivity index (χ2v) is 3.58. The van der Waals surface area contributed by atoms with Crippen molar-refractivity contribution in [2.45, 2.75) is 5.92 Å². The van der Waals surface area contributed by atoms with E-state index >= 15 is 0 Å². The SMILES string of the molecule is Cl.NCC(F)(F)CNC(=O)COc1ccc(F)cc1. The summed E-state index contributed by atoms with van der Waals surface area (Å²) in [6, 6.07) is 4.99. The van der Waals surface area contributed by atoms with E-state index in [4.69, 9.17) is 10.5 Å². The molecule has 0 aliphatic heterocycles. The van der Waals surface area contributed by atoms with E-state index in [0.29, 0.717) is 0 Å². The molecule has 8 heteroatoms. The van der Waals surface area contributed by atoms with E-state index in [0.717, 1.165) is 12.1 Å². The zero-order valence-corrected chi connectivity index (χ0v) is 10.7. The van der Waals surface area contributed by atoms with E-state index in [1.54, 1.807) is 0 Å². The standard InChI is InChI=1S/C11H13F3N2O2.ClH/c12-8-1-3-9(4-2-8)18-5-10(17)16-7-11(13,14)6-15;/h1-4H,5-7,15H2,(H,16,17);1H. The Labute approximate surface area is 114 Å². The lowest BCUT2D eigenvalue weighted by molar-refractivity contribution is -0.124.